The zero-order chi connectivity index (χ0) is 15.6. The van der Waals surface area contributed by atoms with E-state index in [0.29, 0.717) is 33.8 Å². The molecule has 20 heavy (non-hydrogen) atoms. The first-order chi connectivity index (χ1) is 9.42. The molecule has 0 aliphatic carbocycles. The molecule has 0 bridgehead atoms. The maximum Gasteiger partial charge on any atom is 0.123 e. The average molecular weight is 443 g/mol. The van der Waals surface area contributed by atoms with Crippen LogP contribution in [-0.2, 0) is 6.61 Å². The fraction of sp³-hybridized carbons (Fsp3) is 0.385. The van der Waals surface area contributed by atoms with Crippen LogP contribution in [0.1, 0.15) is 18.4 Å². The molecule has 1 aromatic carbocycles. The summed E-state index contributed by atoms with van der Waals surface area (Å²) in [6, 6.07) is 9.07. The van der Waals surface area contributed by atoms with Gasteiger partial charge in [-0.25, -0.2) is 0 Å². The number of hydrogen-bond acceptors (Lipinski definition) is 3. The summed E-state index contributed by atoms with van der Waals surface area (Å²) < 4.78 is -0.553. The average Bonchev–Trinajstić information content (AvgIpc) is 2.45. The number of benzene rings is 1. The Balaban J connectivity index is 0.000000361. The lowest BCUT2D eigenvalue weighted by Crippen LogP contribution is -2.19. The number of rotatable bonds is 4. The minimum atomic E-state index is -0.553. The van der Waals surface area contributed by atoms with E-state index in [1.807, 2.05) is 6.07 Å². The van der Waals surface area contributed by atoms with Gasteiger partial charge in [-0.2, -0.15) is 10.5 Å². The third-order valence-corrected chi connectivity index (χ3v) is 5.38. The quantitative estimate of drug-likeness (QED) is 0.679. The standard InChI is InChI=1S/C7H6Cl2O.C6H6Br2N2/c8-6-2-1-5(4-10)7(9)3-6;7-4-6(8,5-10)2-1-3-9/h1-3,10H,4H2;1-2,4H2. The summed E-state index contributed by atoms with van der Waals surface area (Å²) in [6.45, 7) is -0.0456. The second-order valence-corrected chi connectivity index (χ2v) is 6.69. The molecule has 7 heteroatoms. The Kier molecular flexibility index (Phi) is 10.3. The highest BCUT2D eigenvalue weighted by Gasteiger charge is 2.23. The lowest BCUT2D eigenvalue weighted by atomic mass is 10.1. The van der Waals surface area contributed by atoms with Gasteiger partial charge >= 0.3 is 0 Å². The van der Waals surface area contributed by atoms with Crippen molar-refractivity contribution < 1.29 is 5.11 Å². The van der Waals surface area contributed by atoms with E-state index in [9.17, 15) is 0 Å². The Morgan fingerprint density at radius 3 is 2.35 bits per heavy atom. The third-order valence-electron chi connectivity index (χ3n) is 2.23. The first-order valence-corrected chi connectivity index (χ1v) is 8.17. The van der Waals surface area contributed by atoms with Crippen LogP contribution in [0.15, 0.2) is 18.2 Å². The van der Waals surface area contributed by atoms with E-state index in [0.717, 1.165) is 0 Å². The molecule has 0 saturated carbocycles. The molecule has 0 amide bonds. The van der Waals surface area contributed by atoms with Crippen molar-refractivity contribution in [1.29, 1.82) is 10.5 Å². The normalized spacial score (nSPS) is 12.3. The van der Waals surface area contributed by atoms with E-state index < -0.39 is 4.32 Å². The summed E-state index contributed by atoms with van der Waals surface area (Å²) in [6.07, 6.45) is 0.968. The summed E-state index contributed by atoms with van der Waals surface area (Å²) in [4.78, 5) is 0. The fourth-order valence-corrected chi connectivity index (χ4v) is 2.13. The van der Waals surface area contributed by atoms with E-state index in [1.54, 1.807) is 18.2 Å². The molecule has 0 aliphatic rings. The minimum Gasteiger partial charge on any atom is -0.392 e. The number of nitriles is 2. The summed E-state index contributed by atoms with van der Waals surface area (Å²) in [5, 5.41) is 27.1. The van der Waals surface area contributed by atoms with Gasteiger partial charge in [0.1, 0.15) is 4.32 Å². The van der Waals surface area contributed by atoms with Crippen molar-refractivity contribution in [2.45, 2.75) is 23.8 Å². The van der Waals surface area contributed by atoms with Crippen molar-refractivity contribution in [2.75, 3.05) is 5.33 Å². The molecule has 3 nitrogen and oxygen atoms in total. The van der Waals surface area contributed by atoms with E-state index in [-0.39, 0.29) is 6.61 Å². The maximum absolute atomic E-state index is 8.68. The molecule has 108 valence electrons. The van der Waals surface area contributed by atoms with Crippen LogP contribution in [0.4, 0.5) is 0 Å². The Hall–Kier alpha value is -0.300. The predicted octanol–water partition coefficient (Wildman–Crippen LogP) is 4.83. The third kappa shape index (κ3) is 7.47. The lowest BCUT2D eigenvalue weighted by Gasteiger charge is -2.12. The van der Waals surface area contributed by atoms with Gasteiger partial charge in [0, 0.05) is 21.8 Å². The van der Waals surface area contributed by atoms with Crippen LogP contribution in [0.2, 0.25) is 10.0 Å². The highest BCUT2D eigenvalue weighted by Crippen LogP contribution is 2.25. The van der Waals surface area contributed by atoms with E-state index in [2.05, 4.69) is 37.9 Å². The molecule has 0 heterocycles. The van der Waals surface area contributed by atoms with Crippen LogP contribution in [0.3, 0.4) is 0 Å². The minimum absolute atomic E-state index is 0.0456. The van der Waals surface area contributed by atoms with Gasteiger partial charge in [-0.15, -0.1) is 0 Å². The predicted molar refractivity (Wildman–Crippen MR) is 88.3 cm³/mol. The molecule has 0 spiro atoms. The van der Waals surface area contributed by atoms with E-state index in [4.69, 9.17) is 38.8 Å². The van der Waals surface area contributed by atoms with Crippen molar-refractivity contribution in [3.63, 3.8) is 0 Å². The number of halogens is 4. The van der Waals surface area contributed by atoms with Crippen LogP contribution in [0, 0.1) is 22.7 Å². The fourth-order valence-electron chi connectivity index (χ4n) is 1.06. The largest absolute Gasteiger partial charge is 0.392 e. The van der Waals surface area contributed by atoms with Crippen LogP contribution in [0.5, 0.6) is 0 Å². The highest BCUT2D eigenvalue weighted by atomic mass is 79.9. The number of nitrogens with zero attached hydrogens (tertiary/aromatic N) is 2. The second-order valence-electron chi connectivity index (χ2n) is 3.76. The summed E-state index contributed by atoms with van der Waals surface area (Å²) >= 11 is 17.7. The monoisotopic (exact) mass is 440 g/mol. The molecule has 0 aromatic heterocycles. The molecule has 1 N–H and O–H groups in total. The van der Waals surface area contributed by atoms with Gasteiger partial charge in [0.25, 0.3) is 0 Å². The molecular formula is C13H12Br2Cl2N2O. The van der Waals surface area contributed by atoms with Gasteiger partial charge in [-0.3, -0.25) is 0 Å². The van der Waals surface area contributed by atoms with Crippen LogP contribution in [0.25, 0.3) is 0 Å². The Morgan fingerprint density at radius 1 is 1.30 bits per heavy atom. The first-order valence-electron chi connectivity index (χ1n) is 5.50. The number of aliphatic hydroxyl groups is 1. The Morgan fingerprint density at radius 2 is 1.95 bits per heavy atom. The lowest BCUT2D eigenvalue weighted by molar-refractivity contribution is 0.282. The molecule has 0 fully saturated rings. The van der Waals surface area contributed by atoms with Gasteiger partial charge in [0.2, 0.25) is 0 Å². The molecule has 0 radical (unpaired) electrons. The molecule has 1 atom stereocenters. The van der Waals surface area contributed by atoms with Crippen LogP contribution >= 0.6 is 55.1 Å². The number of alkyl halides is 2. The summed E-state index contributed by atoms with van der Waals surface area (Å²) in [5.74, 6) is 0. The summed E-state index contributed by atoms with van der Waals surface area (Å²) in [7, 11) is 0. The van der Waals surface area contributed by atoms with Gasteiger partial charge < -0.3 is 5.11 Å². The first kappa shape index (κ1) is 19.7. The van der Waals surface area contributed by atoms with Gasteiger partial charge in [-0.05, 0) is 24.1 Å². The van der Waals surface area contributed by atoms with Crippen molar-refractivity contribution in [1.82, 2.24) is 0 Å². The van der Waals surface area contributed by atoms with Gasteiger partial charge in [-0.1, -0.05) is 61.1 Å². The molecular weight excluding hydrogens is 431 g/mol. The van der Waals surface area contributed by atoms with Crippen molar-refractivity contribution >= 4 is 55.1 Å². The zero-order valence-corrected chi connectivity index (χ0v) is 15.1. The van der Waals surface area contributed by atoms with E-state index >= 15 is 0 Å². The summed E-state index contributed by atoms with van der Waals surface area (Å²) in [5.41, 5.74) is 0.700. The van der Waals surface area contributed by atoms with Crippen LogP contribution < -0.4 is 0 Å². The number of aliphatic hydroxyl groups excluding tert-OH is 1. The van der Waals surface area contributed by atoms with E-state index in [1.165, 1.54) is 0 Å². The van der Waals surface area contributed by atoms with Crippen molar-refractivity contribution in [2.24, 2.45) is 0 Å². The smallest absolute Gasteiger partial charge is 0.123 e. The Labute approximate surface area is 145 Å². The van der Waals surface area contributed by atoms with Gasteiger partial charge in [0.15, 0.2) is 0 Å². The molecule has 0 saturated heterocycles. The van der Waals surface area contributed by atoms with Crippen LogP contribution in [-0.4, -0.2) is 14.8 Å². The zero-order valence-electron chi connectivity index (χ0n) is 10.4. The number of hydrogen-bond donors (Lipinski definition) is 1. The van der Waals surface area contributed by atoms with Crippen molar-refractivity contribution in [3.05, 3.63) is 33.8 Å². The molecule has 1 rings (SSSR count). The maximum atomic E-state index is 8.68. The molecule has 0 aliphatic heterocycles. The topological polar surface area (TPSA) is 67.8 Å². The van der Waals surface area contributed by atoms with Gasteiger partial charge in [0.05, 0.1) is 18.7 Å². The molecule has 1 unspecified atom stereocenters. The van der Waals surface area contributed by atoms with Crippen molar-refractivity contribution in [3.8, 4) is 12.1 Å². The second kappa shape index (κ2) is 10.4. The SMILES string of the molecule is N#CCCC(Br)(C#N)CBr.OCc1ccc(Cl)cc1Cl. The highest BCUT2D eigenvalue weighted by molar-refractivity contribution is 9.12. The molecule has 1 aromatic rings. The Bertz CT molecular complexity index is 514.